The fraction of sp³-hybridized carbons (Fsp3) is 0.364. The smallest absolute Gasteiger partial charge is 0.266 e. The zero-order chi connectivity index (χ0) is 21.8. The number of anilines is 1. The van der Waals surface area contributed by atoms with Crippen LogP contribution in [0.5, 0.6) is 17.2 Å². The van der Waals surface area contributed by atoms with Crippen molar-refractivity contribution < 1.29 is 23.7 Å². The number of nitrogens with zero attached hydrogens (tertiary/aromatic N) is 2. The maximum absolute atomic E-state index is 13.2. The second-order valence-electron chi connectivity index (χ2n) is 7.00. The number of halogens is 1. The van der Waals surface area contributed by atoms with E-state index < -0.39 is 0 Å². The second-order valence-corrected chi connectivity index (χ2v) is 8.39. The summed E-state index contributed by atoms with van der Waals surface area (Å²) in [4.78, 5) is 19.5. The molecule has 2 aromatic carbocycles. The van der Waals surface area contributed by atoms with E-state index >= 15 is 0 Å². The van der Waals surface area contributed by atoms with Gasteiger partial charge in [0.1, 0.15) is 11.3 Å². The van der Waals surface area contributed by atoms with Crippen LogP contribution >= 0.6 is 22.9 Å². The van der Waals surface area contributed by atoms with Crippen LogP contribution in [0.3, 0.4) is 0 Å². The molecular formula is C22H23ClN2O5S. The number of amides is 1. The molecule has 4 rings (SSSR count). The summed E-state index contributed by atoms with van der Waals surface area (Å²) in [5.74, 6) is 1.45. The molecular weight excluding hydrogens is 440 g/mol. The van der Waals surface area contributed by atoms with Gasteiger partial charge in [-0.25, -0.2) is 4.98 Å². The highest BCUT2D eigenvalue weighted by molar-refractivity contribution is 7.23. The Morgan fingerprint density at radius 2 is 1.97 bits per heavy atom. The van der Waals surface area contributed by atoms with Crippen molar-refractivity contribution in [2.75, 3.05) is 38.9 Å². The first-order chi connectivity index (χ1) is 15.1. The number of hydrogen-bond acceptors (Lipinski definition) is 7. The molecule has 1 amide bonds. The number of benzene rings is 2. The Morgan fingerprint density at radius 1 is 1.19 bits per heavy atom. The topological polar surface area (TPSA) is 70.1 Å². The van der Waals surface area contributed by atoms with E-state index in [0.717, 1.165) is 17.5 Å². The van der Waals surface area contributed by atoms with Gasteiger partial charge in [0.15, 0.2) is 23.2 Å². The summed E-state index contributed by atoms with van der Waals surface area (Å²) in [7, 11) is 3.14. The fourth-order valence-corrected chi connectivity index (χ4v) is 4.74. The average Bonchev–Trinajstić information content (AvgIpc) is 3.47. The highest BCUT2D eigenvalue weighted by Gasteiger charge is 2.27. The number of rotatable bonds is 8. The standard InChI is InChI=1S/C22H23ClN2O5S/c1-27-16-7-3-4-8-17(16)30-13-19(26)25(12-14-6-5-11-29-14)22-24-20-18(28-2)10-9-15(23)21(20)31-22/h3-4,7-10,14H,5-6,11-13H2,1-2H3. The normalized spacial score (nSPS) is 15.8. The van der Waals surface area contributed by atoms with Crippen LogP contribution in [0.25, 0.3) is 10.2 Å². The van der Waals surface area contributed by atoms with Crippen molar-refractivity contribution in [3.63, 3.8) is 0 Å². The summed E-state index contributed by atoms with van der Waals surface area (Å²) >= 11 is 7.73. The predicted molar refractivity (Wildman–Crippen MR) is 121 cm³/mol. The van der Waals surface area contributed by atoms with Gasteiger partial charge in [-0.2, -0.15) is 0 Å². The van der Waals surface area contributed by atoms with E-state index in [1.54, 1.807) is 43.4 Å². The lowest BCUT2D eigenvalue weighted by molar-refractivity contribution is -0.121. The van der Waals surface area contributed by atoms with Crippen LogP contribution in [0.1, 0.15) is 12.8 Å². The average molecular weight is 463 g/mol. The number of para-hydroxylation sites is 2. The summed E-state index contributed by atoms with van der Waals surface area (Å²) < 4.78 is 23.0. The Kier molecular flexibility index (Phi) is 6.80. The molecule has 3 aromatic rings. The number of ether oxygens (including phenoxy) is 4. The first-order valence-electron chi connectivity index (χ1n) is 9.91. The minimum absolute atomic E-state index is 0.0420. The number of carbonyl (C=O) groups is 1. The Bertz CT molecular complexity index is 1070. The number of hydrogen-bond donors (Lipinski definition) is 0. The van der Waals surface area contributed by atoms with Crippen LogP contribution in [0, 0.1) is 0 Å². The molecule has 0 radical (unpaired) electrons. The Balaban J connectivity index is 1.61. The van der Waals surface area contributed by atoms with Gasteiger partial charge in [0, 0.05) is 6.61 Å². The zero-order valence-corrected chi connectivity index (χ0v) is 18.9. The molecule has 9 heteroatoms. The van der Waals surface area contributed by atoms with Crippen molar-refractivity contribution in [1.82, 2.24) is 4.98 Å². The van der Waals surface area contributed by atoms with E-state index in [-0.39, 0.29) is 18.6 Å². The lowest BCUT2D eigenvalue weighted by atomic mass is 10.2. The van der Waals surface area contributed by atoms with Gasteiger partial charge in [0.2, 0.25) is 0 Å². The first-order valence-corrected chi connectivity index (χ1v) is 11.1. The maximum atomic E-state index is 13.2. The molecule has 164 valence electrons. The van der Waals surface area contributed by atoms with Gasteiger partial charge in [-0.3, -0.25) is 9.69 Å². The second kappa shape index (κ2) is 9.72. The minimum Gasteiger partial charge on any atom is -0.494 e. The van der Waals surface area contributed by atoms with Crippen molar-refractivity contribution in [2.45, 2.75) is 18.9 Å². The lowest BCUT2D eigenvalue weighted by Gasteiger charge is -2.23. The van der Waals surface area contributed by atoms with Crippen LogP contribution < -0.4 is 19.1 Å². The molecule has 1 atom stereocenters. The molecule has 1 aliphatic heterocycles. The SMILES string of the molecule is COc1ccccc1OCC(=O)N(CC1CCCO1)c1nc2c(OC)ccc(Cl)c2s1. The van der Waals surface area contributed by atoms with E-state index in [0.29, 0.717) is 46.1 Å². The van der Waals surface area contributed by atoms with Crippen molar-refractivity contribution in [3.8, 4) is 17.2 Å². The van der Waals surface area contributed by atoms with E-state index in [1.807, 2.05) is 12.1 Å². The number of methoxy groups -OCH3 is 2. The first kappa shape index (κ1) is 21.7. The molecule has 0 saturated carbocycles. The molecule has 1 aromatic heterocycles. The van der Waals surface area contributed by atoms with Gasteiger partial charge < -0.3 is 18.9 Å². The molecule has 31 heavy (non-hydrogen) atoms. The van der Waals surface area contributed by atoms with Gasteiger partial charge in [-0.05, 0) is 37.1 Å². The minimum atomic E-state index is -0.226. The van der Waals surface area contributed by atoms with Gasteiger partial charge in [-0.15, -0.1) is 0 Å². The van der Waals surface area contributed by atoms with Gasteiger partial charge in [0.05, 0.1) is 36.6 Å². The summed E-state index contributed by atoms with van der Waals surface area (Å²) in [5.41, 5.74) is 0.630. The zero-order valence-electron chi connectivity index (χ0n) is 17.3. The molecule has 0 N–H and O–H groups in total. The molecule has 1 unspecified atom stereocenters. The quantitative estimate of drug-likeness (QED) is 0.489. The van der Waals surface area contributed by atoms with Gasteiger partial charge >= 0.3 is 0 Å². The molecule has 0 spiro atoms. The number of carbonyl (C=O) groups excluding carboxylic acids is 1. The fourth-order valence-electron chi connectivity index (χ4n) is 3.46. The third-order valence-corrected chi connectivity index (χ3v) is 6.57. The van der Waals surface area contributed by atoms with E-state index in [1.165, 1.54) is 11.3 Å². The summed E-state index contributed by atoms with van der Waals surface area (Å²) in [6.07, 6.45) is 1.83. The van der Waals surface area contributed by atoms with Crippen molar-refractivity contribution in [3.05, 3.63) is 41.4 Å². The van der Waals surface area contributed by atoms with Gasteiger partial charge in [-0.1, -0.05) is 35.1 Å². The summed E-state index contributed by atoms with van der Waals surface area (Å²) in [5, 5.41) is 1.10. The molecule has 1 saturated heterocycles. The number of aromatic nitrogens is 1. The van der Waals surface area contributed by atoms with E-state index in [9.17, 15) is 4.79 Å². The number of thiazole rings is 1. The third-order valence-electron chi connectivity index (χ3n) is 5.03. The van der Waals surface area contributed by atoms with Crippen LogP contribution in [0.2, 0.25) is 5.02 Å². The molecule has 0 aliphatic carbocycles. The van der Waals surface area contributed by atoms with E-state index in [4.69, 9.17) is 30.5 Å². The van der Waals surface area contributed by atoms with Crippen LogP contribution in [0.4, 0.5) is 5.13 Å². The Hall–Kier alpha value is -2.55. The lowest BCUT2D eigenvalue weighted by Crippen LogP contribution is -2.40. The van der Waals surface area contributed by atoms with E-state index in [2.05, 4.69) is 4.98 Å². The Labute approximate surface area is 189 Å². The van der Waals surface area contributed by atoms with Crippen molar-refractivity contribution in [2.24, 2.45) is 0 Å². The monoisotopic (exact) mass is 462 g/mol. The van der Waals surface area contributed by atoms with Gasteiger partial charge in [0.25, 0.3) is 5.91 Å². The van der Waals surface area contributed by atoms with Crippen LogP contribution in [0.15, 0.2) is 36.4 Å². The molecule has 7 nitrogen and oxygen atoms in total. The predicted octanol–water partition coefficient (Wildman–Crippen LogP) is 4.56. The Morgan fingerprint density at radius 3 is 2.68 bits per heavy atom. The van der Waals surface area contributed by atoms with Crippen molar-refractivity contribution in [1.29, 1.82) is 0 Å². The molecule has 2 heterocycles. The number of fused-ring (bicyclic) bond motifs is 1. The van der Waals surface area contributed by atoms with Crippen LogP contribution in [-0.4, -0.2) is 51.0 Å². The van der Waals surface area contributed by atoms with Crippen LogP contribution in [-0.2, 0) is 9.53 Å². The summed E-state index contributed by atoms with van der Waals surface area (Å²) in [6, 6.07) is 10.8. The summed E-state index contributed by atoms with van der Waals surface area (Å²) in [6.45, 7) is 0.936. The third kappa shape index (κ3) is 4.71. The van der Waals surface area contributed by atoms with Crippen molar-refractivity contribution >= 4 is 44.2 Å². The molecule has 0 bridgehead atoms. The molecule has 1 aliphatic rings. The highest BCUT2D eigenvalue weighted by Crippen LogP contribution is 2.39. The molecule has 1 fully saturated rings. The highest BCUT2D eigenvalue weighted by atomic mass is 35.5. The largest absolute Gasteiger partial charge is 0.494 e. The maximum Gasteiger partial charge on any atom is 0.266 e.